The van der Waals surface area contributed by atoms with Crippen molar-refractivity contribution in [1.29, 1.82) is 0 Å². The normalized spacial score (nSPS) is 14.9. The van der Waals surface area contributed by atoms with Crippen molar-refractivity contribution in [3.8, 4) is 11.1 Å². The van der Waals surface area contributed by atoms with Crippen LogP contribution >= 0.6 is 0 Å². The maximum Gasteiger partial charge on any atom is 0.417 e. The van der Waals surface area contributed by atoms with E-state index >= 15 is 0 Å². The van der Waals surface area contributed by atoms with Crippen molar-refractivity contribution in [2.45, 2.75) is 12.4 Å². The highest BCUT2D eigenvalue weighted by Crippen LogP contribution is 2.46. The van der Waals surface area contributed by atoms with E-state index in [1.807, 2.05) is 0 Å². The van der Waals surface area contributed by atoms with Gasteiger partial charge in [0.25, 0.3) is 23.6 Å². The lowest BCUT2D eigenvalue weighted by Crippen LogP contribution is -2.30. The number of carbonyl (C=O) groups excluding carboxylic acids is 4. The number of alkyl halides is 6. The van der Waals surface area contributed by atoms with Gasteiger partial charge in [0.2, 0.25) is 0 Å². The van der Waals surface area contributed by atoms with Gasteiger partial charge in [0.05, 0.1) is 44.8 Å². The fourth-order valence-corrected chi connectivity index (χ4v) is 5.18. The van der Waals surface area contributed by atoms with Crippen molar-refractivity contribution in [3.05, 3.63) is 118 Å². The lowest BCUT2D eigenvalue weighted by Gasteiger charge is -2.22. The number of fused-ring (bicyclic) bond motifs is 2. The fourth-order valence-electron chi connectivity index (χ4n) is 5.18. The molecule has 4 amide bonds. The van der Waals surface area contributed by atoms with E-state index < -0.39 is 92.4 Å². The Morgan fingerprint density at radius 1 is 0.409 bits per heavy atom. The Labute approximate surface area is 240 Å². The maximum atomic E-state index is 14.3. The Balaban J connectivity index is 1.47. The number of hydrogen-bond donors (Lipinski definition) is 0. The summed E-state index contributed by atoms with van der Waals surface area (Å²) in [6.07, 6.45) is -10.6. The molecule has 4 aromatic carbocycles. The van der Waals surface area contributed by atoms with Crippen molar-refractivity contribution < 1.29 is 54.3 Å². The number of amides is 4. The quantitative estimate of drug-likeness (QED) is 0.179. The van der Waals surface area contributed by atoms with Gasteiger partial charge in [-0.25, -0.2) is 18.6 Å². The third-order valence-electron chi connectivity index (χ3n) is 7.12. The number of nitrogens with zero attached hydrogens (tertiary/aromatic N) is 2. The first-order valence-electron chi connectivity index (χ1n) is 12.4. The van der Waals surface area contributed by atoms with E-state index in [2.05, 4.69) is 0 Å². The molecule has 2 aliphatic rings. The monoisotopic (exact) mass is 616 g/mol. The van der Waals surface area contributed by atoms with Gasteiger partial charge in [0.1, 0.15) is 11.6 Å². The van der Waals surface area contributed by atoms with Crippen molar-refractivity contribution in [2.24, 2.45) is 0 Å². The Morgan fingerprint density at radius 2 is 0.727 bits per heavy atom. The minimum atomic E-state index is -5.30. The van der Waals surface area contributed by atoms with Crippen molar-refractivity contribution in [2.75, 3.05) is 9.80 Å². The van der Waals surface area contributed by atoms with Crippen LogP contribution in [0.15, 0.2) is 72.8 Å². The highest BCUT2D eigenvalue weighted by Gasteiger charge is 2.43. The van der Waals surface area contributed by atoms with Gasteiger partial charge in [-0.15, -0.1) is 0 Å². The summed E-state index contributed by atoms with van der Waals surface area (Å²) in [5, 5.41) is 0. The van der Waals surface area contributed by atoms with Crippen LogP contribution in [0.3, 0.4) is 0 Å². The molecule has 0 radical (unpaired) electrons. The summed E-state index contributed by atoms with van der Waals surface area (Å²) in [7, 11) is 0. The second kappa shape index (κ2) is 9.56. The molecule has 2 aliphatic heterocycles. The summed E-state index contributed by atoms with van der Waals surface area (Å²) in [6.45, 7) is 0. The lowest BCUT2D eigenvalue weighted by molar-refractivity contribution is -0.139. The van der Waals surface area contributed by atoms with Crippen molar-refractivity contribution >= 4 is 35.0 Å². The number of anilines is 2. The van der Waals surface area contributed by atoms with E-state index in [1.165, 1.54) is 0 Å². The minimum Gasteiger partial charge on any atom is -0.268 e. The van der Waals surface area contributed by atoms with Crippen molar-refractivity contribution in [1.82, 2.24) is 0 Å². The average Bonchev–Trinajstić information content (AvgIpc) is 3.34. The molecule has 44 heavy (non-hydrogen) atoms. The van der Waals surface area contributed by atoms with Gasteiger partial charge < -0.3 is 0 Å². The number of benzene rings is 4. The Bertz CT molecular complexity index is 1820. The summed E-state index contributed by atoms with van der Waals surface area (Å²) < 4.78 is 113. The first-order chi connectivity index (χ1) is 20.6. The predicted molar refractivity (Wildman–Crippen MR) is 137 cm³/mol. The van der Waals surface area contributed by atoms with Crippen LogP contribution in [0, 0.1) is 11.6 Å². The third-order valence-corrected chi connectivity index (χ3v) is 7.12. The maximum absolute atomic E-state index is 14.3. The highest BCUT2D eigenvalue weighted by molar-refractivity contribution is 6.35. The van der Waals surface area contributed by atoms with E-state index in [4.69, 9.17) is 0 Å². The fraction of sp³-hybridized carbons (Fsp3) is 0.0667. The zero-order valence-corrected chi connectivity index (χ0v) is 21.5. The third kappa shape index (κ3) is 4.41. The first kappa shape index (κ1) is 28.7. The molecule has 0 unspecified atom stereocenters. The second-order valence-corrected chi connectivity index (χ2v) is 9.73. The number of imide groups is 2. The molecule has 2 heterocycles. The van der Waals surface area contributed by atoms with E-state index in [1.54, 1.807) is 0 Å². The van der Waals surface area contributed by atoms with Crippen LogP contribution in [0.2, 0.25) is 0 Å². The molecule has 0 saturated heterocycles. The molecule has 0 aliphatic carbocycles. The molecule has 0 atom stereocenters. The van der Waals surface area contributed by atoms with E-state index in [0.717, 1.165) is 48.5 Å². The van der Waals surface area contributed by atoms with Gasteiger partial charge in [-0.1, -0.05) is 12.1 Å². The first-order valence-corrected chi connectivity index (χ1v) is 12.4. The molecular weight excluding hydrogens is 604 g/mol. The largest absolute Gasteiger partial charge is 0.417 e. The van der Waals surface area contributed by atoms with Gasteiger partial charge >= 0.3 is 12.4 Å². The second-order valence-electron chi connectivity index (χ2n) is 9.73. The summed E-state index contributed by atoms with van der Waals surface area (Å²) in [5.41, 5.74) is -7.90. The van der Waals surface area contributed by atoms with E-state index in [-0.39, 0.29) is 11.1 Å². The Hall–Kier alpha value is -5.40. The van der Waals surface area contributed by atoms with E-state index in [0.29, 0.717) is 34.1 Å². The molecule has 0 aromatic heterocycles. The Morgan fingerprint density at radius 3 is 1.07 bits per heavy atom. The minimum absolute atomic E-state index is 0.278. The van der Waals surface area contributed by atoms with Crippen LogP contribution < -0.4 is 9.80 Å². The van der Waals surface area contributed by atoms with Gasteiger partial charge in [-0.2, -0.15) is 26.3 Å². The zero-order valence-electron chi connectivity index (χ0n) is 21.5. The number of hydrogen-bond acceptors (Lipinski definition) is 4. The SMILES string of the molecule is O=C1c2ccc(F)cc2C(=O)N1c1ccc(-c2ccc(N3C(=O)c4ccc(F)cc4C3=O)cc2C(F)(F)F)c(C(F)(F)F)c1. The van der Waals surface area contributed by atoms with Gasteiger partial charge in [0, 0.05) is 0 Å². The molecular formula is C30H12F8N2O4. The van der Waals surface area contributed by atoms with Crippen LogP contribution in [0.25, 0.3) is 11.1 Å². The van der Waals surface area contributed by atoms with Crippen LogP contribution in [-0.4, -0.2) is 23.6 Å². The summed E-state index contributed by atoms with van der Waals surface area (Å²) in [6, 6.07) is 8.74. The smallest absolute Gasteiger partial charge is 0.268 e. The molecule has 6 rings (SSSR count). The topological polar surface area (TPSA) is 74.8 Å². The average molecular weight is 616 g/mol. The van der Waals surface area contributed by atoms with Crippen LogP contribution in [0.4, 0.5) is 46.5 Å². The van der Waals surface area contributed by atoms with Crippen molar-refractivity contribution in [3.63, 3.8) is 0 Å². The van der Waals surface area contributed by atoms with Crippen LogP contribution in [-0.2, 0) is 12.4 Å². The van der Waals surface area contributed by atoms with E-state index in [9.17, 15) is 54.3 Å². The van der Waals surface area contributed by atoms with Crippen LogP contribution in [0.5, 0.6) is 0 Å². The molecule has 14 heteroatoms. The summed E-state index contributed by atoms with van der Waals surface area (Å²) in [5.74, 6) is -6.15. The molecule has 0 fully saturated rings. The summed E-state index contributed by atoms with van der Waals surface area (Å²) in [4.78, 5) is 51.9. The molecule has 0 N–H and O–H groups in total. The molecule has 0 spiro atoms. The predicted octanol–water partition coefficient (Wildman–Crippen LogP) is 7.27. The van der Waals surface area contributed by atoms with Gasteiger partial charge in [-0.05, 0) is 71.8 Å². The molecule has 4 aromatic rings. The van der Waals surface area contributed by atoms with Gasteiger partial charge in [0.15, 0.2) is 0 Å². The lowest BCUT2D eigenvalue weighted by atomic mass is 9.93. The summed E-state index contributed by atoms with van der Waals surface area (Å²) >= 11 is 0. The Kier molecular flexibility index (Phi) is 6.23. The number of carbonyl (C=O) groups is 4. The molecule has 6 nitrogen and oxygen atoms in total. The molecule has 0 saturated carbocycles. The molecule has 222 valence electrons. The standard InChI is InChI=1S/C30H12F8N2O4/c31-13-1-5-19-21(9-13)27(43)39(25(19)41)15-3-7-17(23(11-15)29(33,34)35)18-8-4-16(12-24(18)30(36,37)38)40-26(42)20-6-2-14(32)10-22(20)28(40)44/h1-12H. The number of rotatable bonds is 3. The van der Waals surface area contributed by atoms with Gasteiger partial charge in [-0.3, -0.25) is 19.2 Å². The zero-order chi connectivity index (χ0) is 31.9. The van der Waals surface area contributed by atoms with Crippen LogP contribution in [0.1, 0.15) is 52.6 Å². The highest BCUT2D eigenvalue weighted by atomic mass is 19.4. The number of halogens is 8. The molecule has 0 bridgehead atoms.